The molecule has 1 aromatic carbocycles. The van der Waals surface area contributed by atoms with Crippen LogP contribution in [0.1, 0.15) is 25.7 Å². The zero-order valence-electron chi connectivity index (χ0n) is 8.77. The Morgan fingerprint density at radius 1 is 0.812 bits per heavy atom. The maximum atomic E-state index is 11.4. The Morgan fingerprint density at radius 3 is 1.69 bits per heavy atom. The van der Waals surface area contributed by atoms with E-state index in [1.807, 2.05) is 0 Å². The Bertz CT molecular complexity index is 372. The molecule has 0 radical (unpaired) electrons. The van der Waals surface area contributed by atoms with Crippen LogP contribution in [0.3, 0.4) is 0 Å². The van der Waals surface area contributed by atoms with Crippen LogP contribution in [-0.2, 0) is 9.59 Å². The average Bonchev–Trinajstić information content (AvgIpc) is 2.27. The lowest BCUT2D eigenvalue weighted by molar-refractivity contribution is -0.138. The maximum Gasteiger partial charge on any atom is 0.311 e. The minimum Gasteiger partial charge on any atom is -0.423 e. The minimum atomic E-state index is -0.287. The molecule has 0 saturated carbocycles. The van der Waals surface area contributed by atoms with E-state index in [4.69, 9.17) is 9.47 Å². The van der Waals surface area contributed by atoms with E-state index in [0.29, 0.717) is 37.2 Å². The average molecular weight is 220 g/mol. The van der Waals surface area contributed by atoms with E-state index in [2.05, 4.69) is 0 Å². The third-order valence-electron chi connectivity index (χ3n) is 2.31. The van der Waals surface area contributed by atoms with Crippen LogP contribution in [0.2, 0.25) is 0 Å². The molecule has 2 rings (SSSR count). The van der Waals surface area contributed by atoms with Gasteiger partial charge in [0.1, 0.15) is 0 Å². The van der Waals surface area contributed by atoms with Crippen molar-refractivity contribution in [2.24, 2.45) is 0 Å². The van der Waals surface area contributed by atoms with Crippen molar-refractivity contribution in [1.82, 2.24) is 0 Å². The number of para-hydroxylation sites is 2. The molecule has 1 aliphatic heterocycles. The number of carbonyl (C=O) groups excluding carboxylic acids is 2. The smallest absolute Gasteiger partial charge is 0.311 e. The Hall–Kier alpha value is -1.84. The maximum absolute atomic E-state index is 11.4. The van der Waals surface area contributed by atoms with Crippen molar-refractivity contribution >= 4 is 11.9 Å². The van der Waals surface area contributed by atoms with Crippen molar-refractivity contribution in [3.05, 3.63) is 24.3 Å². The van der Waals surface area contributed by atoms with Crippen molar-refractivity contribution in [3.8, 4) is 11.5 Å². The molecule has 1 heterocycles. The van der Waals surface area contributed by atoms with E-state index in [1.165, 1.54) is 0 Å². The van der Waals surface area contributed by atoms with Crippen LogP contribution in [0.25, 0.3) is 0 Å². The van der Waals surface area contributed by atoms with Crippen LogP contribution >= 0.6 is 0 Å². The zero-order valence-corrected chi connectivity index (χ0v) is 8.77. The first-order chi connectivity index (χ1) is 7.75. The van der Waals surface area contributed by atoms with Gasteiger partial charge in [-0.15, -0.1) is 0 Å². The number of ether oxygens (including phenoxy) is 2. The molecule has 4 heteroatoms. The van der Waals surface area contributed by atoms with Crippen LogP contribution in [0.5, 0.6) is 11.5 Å². The largest absolute Gasteiger partial charge is 0.423 e. The molecule has 0 aliphatic carbocycles. The highest BCUT2D eigenvalue weighted by molar-refractivity contribution is 5.76. The Morgan fingerprint density at radius 2 is 1.25 bits per heavy atom. The van der Waals surface area contributed by atoms with Gasteiger partial charge in [0.25, 0.3) is 0 Å². The summed E-state index contributed by atoms with van der Waals surface area (Å²) in [6, 6.07) is 6.68. The van der Waals surface area contributed by atoms with Gasteiger partial charge in [-0.25, -0.2) is 0 Å². The van der Waals surface area contributed by atoms with Crippen LogP contribution in [0.15, 0.2) is 24.3 Å². The van der Waals surface area contributed by atoms with E-state index in [0.717, 1.165) is 0 Å². The van der Waals surface area contributed by atoms with Crippen molar-refractivity contribution < 1.29 is 19.1 Å². The lowest BCUT2D eigenvalue weighted by Crippen LogP contribution is -2.14. The Balaban J connectivity index is 2.26. The number of hydrogen-bond acceptors (Lipinski definition) is 4. The number of benzene rings is 1. The highest BCUT2D eigenvalue weighted by Gasteiger charge is 2.15. The van der Waals surface area contributed by atoms with Crippen molar-refractivity contribution in [2.75, 3.05) is 0 Å². The summed E-state index contributed by atoms with van der Waals surface area (Å²) in [5.74, 6) is 0.0429. The van der Waals surface area contributed by atoms with E-state index < -0.39 is 0 Å². The van der Waals surface area contributed by atoms with Crippen molar-refractivity contribution in [1.29, 1.82) is 0 Å². The summed E-state index contributed by atoms with van der Waals surface area (Å²) in [5, 5.41) is 0. The van der Waals surface area contributed by atoms with E-state index in [1.54, 1.807) is 24.3 Å². The van der Waals surface area contributed by atoms with E-state index in [9.17, 15) is 9.59 Å². The second kappa shape index (κ2) is 4.79. The molecule has 1 aliphatic rings. The van der Waals surface area contributed by atoms with Crippen LogP contribution in [0.4, 0.5) is 0 Å². The fourth-order valence-electron chi connectivity index (χ4n) is 1.50. The summed E-state index contributed by atoms with van der Waals surface area (Å²) in [5.41, 5.74) is 0. The first-order valence-corrected chi connectivity index (χ1v) is 5.26. The number of hydrogen-bond donors (Lipinski definition) is 0. The standard InChI is InChI=1S/C12H12O4/c13-11-7-3-4-8-12(14)16-10-6-2-1-5-9(10)15-11/h1-2,5-6H,3-4,7-8H2. The highest BCUT2D eigenvalue weighted by Crippen LogP contribution is 2.28. The molecule has 0 saturated heterocycles. The van der Waals surface area contributed by atoms with Crippen LogP contribution in [0, 0.1) is 0 Å². The Labute approximate surface area is 93.2 Å². The topological polar surface area (TPSA) is 52.6 Å². The third-order valence-corrected chi connectivity index (χ3v) is 2.31. The van der Waals surface area contributed by atoms with Gasteiger partial charge in [0.2, 0.25) is 0 Å². The molecule has 4 nitrogen and oxygen atoms in total. The summed E-state index contributed by atoms with van der Waals surface area (Å²) in [7, 11) is 0. The van der Waals surface area contributed by atoms with Gasteiger partial charge in [0, 0.05) is 12.8 Å². The zero-order chi connectivity index (χ0) is 11.4. The minimum absolute atomic E-state index is 0.287. The fraction of sp³-hybridized carbons (Fsp3) is 0.333. The van der Waals surface area contributed by atoms with E-state index in [-0.39, 0.29) is 11.9 Å². The number of carbonyl (C=O) groups is 2. The molecule has 0 amide bonds. The summed E-state index contributed by atoms with van der Waals surface area (Å²) in [6.45, 7) is 0. The molecule has 0 N–H and O–H groups in total. The number of fused-ring (bicyclic) bond motifs is 1. The summed E-state index contributed by atoms with van der Waals surface area (Å²) in [4.78, 5) is 22.8. The molecule has 0 unspecified atom stereocenters. The van der Waals surface area contributed by atoms with Gasteiger partial charge < -0.3 is 9.47 Å². The molecule has 16 heavy (non-hydrogen) atoms. The monoisotopic (exact) mass is 220 g/mol. The van der Waals surface area contributed by atoms with Gasteiger partial charge in [0.05, 0.1) is 0 Å². The number of rotatable bonds is 0. The molecule has 0 aromatic heterocycles. The molecule has 0 bridgehead atoms. The van der Waals surface area contributed by atoms with Crippen molar-refractivity contribution in [3.63, 3.8) is 0 Å². The van der Waals surface area contributed by atoms with Crippen LogP contribution in [-0.4, -0.2) is 11.9 Å². The molecular formula is C12H12O4. The SMILES string of the molecule is O=C1CCCCC(=O)Oc2ccccc2O1. The van der Waals surface area contributed by atoms with Gasteiger partial charge >= 0.3 is 11.9 Å². The van der Waals surface area contributed by atoms with Gasteiger partial charge in [0.15, 0.2) is 11.5 Å². The number of esters is 2. The molecule has 0 atom stereocenters. The fourth-order valence-corrected chi connectivity index (χ4v) is 1.50. The third kappa shape index (κ3) is 2.59. The molecule has 0 spiro atoms. The molecular weight excluding hydrogens is 208 g/mol. The molecule has 84 valence electrons. The van der Waals surface area contributed by atoms with E-state index >= 15 is 0 Å². The Kier molecular flexibility index (Phi) is 3.19. The first-order valence-electron chi connectivity index (χ1n) is 5.26. The lowest BCUT2D eigenvalue weighted by atomic mass is 10.2. The highest BCUT2D eigenvalue weighted by atomic mass is 16.6. The van der Waals surface area contributed by atoms with Crippen molar-refractivity contribution in [2.45, 2.75) is 25.7 Å². The normalized spacial score (nSPS) is 17.0. The first kappa shape index (κ1) is 10.7. The second-order valence-electron chi connectivity index (χ2n) is 3.60. The summed E-state index contributed by atoms with van der Waals surface area (Å²) in [6.07, 6.45) is 1.97. The van der Waals surface area contributed by atoms with Crippen LogP contribution < -0.4 is 9.47 Å². The predicted molar refractivity (Wildman–Crippen MR) is 56.2 cm³/mol. The molecule has 1 aromatic rings. The second-order valence-corrected chi connectivity index (χ2v) is 3.60. The molecule has 0 fully saturated rings. The van der Waals surface area contributed by atoms with Gasteiger partial charge in [-0.3, -0.25) is 9.59 Å². The summed E-state index contributed by atoms with van der Waals surface area (Å²) >= 11 is 0. The lowest BCUT2D eigenvalue weighted by Gasteiger charge is -2.12. The quantitative estimate of drug-likeness (QED) is 0.496. The van der Waals surface area contributed by atoms with Gasteiger partial charge in [-0.05, 0) is 25.0 Å². The summed E-state index contributed by atoms with van der Waals surface area (Å²) < 4.78 is 10.2. The van der Waals surface area contributed by atoms with Gasteiger partial charge in [-0.2, -0.15) is 0 Å². The van der Waals surface area contributed by atoms with Gasteiger partial charge in [-0.1, -0.05) is 12.1 Å². The predicted octanol–water partition coefficient (Wildman–Crippen LogP) is 2.07.